The molecule has 33 heavy (non-hydrogen) atoms. The van der Waals surface area contributed by atoms with Crippen LogP contribution in [-0.2, 0) is 20.8 Å². The monoisotopic (exact) mass is 501 g/mol. The molecule has 2 amide bonds. The lowest BCUT2D eigenvalue weighted by Crippen LogP contribution is -2.50. The summed E-state index contributed by atoms with van der Waals surface area (Å²) in [5, 5.41) is 48.6. The number of nitrogens with two attached hydrogens (primary N) is 1. The number of amides is 2. The number of oxime groups is 1. The van der Waals surface area contributed by atoms with Crippen molar-refractivity contribution in [3.05, 3.63) is 40.4 Å². The first-order valence-electron chi connectivity index (χ1n) is 8.96. The largest absolute Gasteiger partial charge is 0.507 e. The molecular weight excluding hydrogens is 481 g/mol. The zero-order valence-corrected chi connectivity index (χ0v) is 18.7. The predicted molar refractivity (Wildman–Crippen MR) is 121 cm³/mol. The second kappa shape index (κ2) is 12.7. The van der Waals surface area contributed by atoms with Gasteiger partial charge in [0.05, 0.1) is 12.5 Å². The fourth-order valence-corrected chi connectivity index (χ4v) is 3.25. The number of nitrogens with zero attached hydrogens (tertiary/aromatic N) is 2. The van der Waals surface area contributed by atoms with Crippen molar-refractivity contribution in [1.29, 1.82) is 0 Å². The maximum atomic E-state index is 12.7. The minimum absolute atomic E-state index is 0. The van der Waals surface area contributed by atoms with Crippen LogP contribution in [-0.4, -0.2) is 75.5 Å². The number of halogens is 1. The summed E-state index contributed by atoms with van der Waals surface area (Å²) < 4.78 is 0. The Morgan fingerprint density at radius 3 is 2.61 bits per heavy atom. The number of carboxylic acids is 1. The molecule has 8 N–H and O–H groups in total. The van der Waals surface area contributed by atoms with E-state index in [2.05, 4.69) is 25.6 Å². The molecule has 2 rings (SSSR count). The number of benzene rings is 1. The van der Waals surface area contributed by atoms with Gasteiger partial charge in [0.1, 0.15) is 24.1 Å². The van der Waals surface area contributed by atoms with E-state index >= 15 is 0 Å². The summed E-state index contributed by atoms with van der Waals surface area (Å²) in [5.41, 5.74) is 4.61. The van der Waals surface area contributed by atoms with Crippen molar-refractivity contribution >= 4 is 59.5 Å². The van der Waals surface area contributed by atoms with Crippen LogP contribution >= 0.6 is 23.7 Å². The molecule has 0 saturated carbocycles. The highest BCUT2D eigenvalue weighted by molar-refractivity contribution is 7.14. The lowest BCUT2D eigenvalue weighted by atomic mass is 9.75. The molecule has 0 aliphatic heterocycles. The summed E-state index contributed by atoms with van der Waals surface area (Å²) in [6.45, 7) is -0.263. The number of hydrogen-bond donors (Lipinski definition) is 7. The summed E-state index contributed by atoms with van der Waals surface area (Å²) in [5.74, 6) is -4.68. The number of hydrogen-bond acceptors (Lipinski definition) is 11. The lowest BCUT2D eigenvalue weighted by Gasteiger charge is -2.19. The maximum absolute atomic E-state index is 12.7. The van der Waals surface area contributed by atoms with Crippen LogP contribution in [0.1, 0.15) is 21.6 Å². The van der Waals surface area contributed by atoms with Crippen LogP contribution in [0, 0.1) is 0 Å². The fourth-order valence-electron chi connectivity index (χ4n) is 2.54. The average molecular weight is 502 g/mol. The Bertz CT molecular complexity index is 1030. The minimum atomic E-state index is -2.06. The van der Waals surface area contributed by atoms with Crippen molar-refractivity contribution in [2.45, 2.75) is 12.4 Å². The molecule has 0 aliphatic carbocycles. The highest BCUT2D eigenvalue weighted by atomic mass is 35.5. The quantitative estimate of drug-likeness (QED) is 0.119. The molecule has 13 nitrogen and oxygen atoms in total. The normalized spacial score (nSPS) is 11.7. The first kappa shape index (κ1) is 27.8. The van der Waals surface area contributed by atoms with E-state index in [-0.39, 0.29) is 53.0 Å². The molecule has 0 radical (unpaired) electrons. The number of thiazole rings is 1. The third kappa shape index (κ3) is 7.40. The van der Waals surface area contributed by atoms with Gasteiger partial charge in [-0.3, -0.25) is 9.59 Å². The molecule has 2 aromatic rings. The third-order valence-corrected chi connectivity index (χ3v) is 4.80. The second-order valence-corrected chi connectivity index (χ2v) is 7.09. The molecule has 16 heteroatoms. The molecule has 0 saturated heterocycles. The number of carboxylic acid groups (broad SMARTS) is 1. The molecular formula is C17H21BClN5O8S. The molecule has 1 aromatic heterocycles. The number of nitrogens with one attached hydrogen (secondary N) is 2. The van der Waals surface area contributed by atoms with Crippen molar-refractivity contribution in [1.82, 2.24) is 10.3 Å². The lowest BCUT2D eigenvalue weighted by molar-refractivity contribution is -0.115. The molecule has 0 aliphatic rings. The SMILES string of the molecule is CON=C(C(=O)N[C@@H](Cc1cccc(C(=O)O)c1O)B(O)O)c1csc(NC(=O)CN)n1.Cl. The number of aromatic hydroxyl groups is 1. The molecule has 0 fully saturated rings. The number of para-hydroxylation sites is 1. The highest BCUT2D eigenvalue weighted by Gasteiger charge is 2.30. The fraction of sp³-hybridized carbons (Fsp3) is 0.235. The highest BCUT2D eigenvalue weighted by Crippen LogP contribution is 2.24. The van der Waals surface area contributed by atoms with Crippen LogP contribution in [0.15, 0.2) is 28.7 Å². The molecule has 178 valence electrons. The van der Waals surface area contributed by atoms with Crippen molar-refractivity contribution in [2.24, 2.45) is 10.9 Å². The molecule has 0 spiro atoms. The van der Waals surface area contributed by atoms with Gasteiger partial charge >= 0.3 is 13.1 Å². The van der Waals surface area contributed by atoms with E-state index in [0.717, 1.165) is 11.3 Å². The predicted octanol–water partition coefficient (Wildman–Crippen LogP) is -1.04. The van der Waals surface area contributed by atoms with Crippen molar-refractivity contribution in [3.63, 3.8) is 0 Å². The van der Waals surface area contributed by atoms with Crippen molar-refractivity contribution in [2.75, 3.05) is 19.0 Å². The van der Waals surface area contributed by atoms with Crippen LogP contribution in [0.3, 0.4) is 0 Å². The number of aromatic carboxylic acids is 1. The van der Waals surface area contributed by atoms with Crippen LogP contribution in [0.2, 0.25) is 0 Å². The molecule has 0 bridgehead atoms. The number of carbonyl (C=O) groups excluding carboxylic acids is 2. The summed E-state index contributed by atoms with van der Waals surface area (Å²) in [6.07, 6.45) is -0.314. The zero-order chi connectivity index (χ0) is 23.8. The van der Waals surface area contributed by atoms with Gasteiger partial charge in [0.25, 0.3) is 5.91 Å². The number of phenols is 1. The standard InChI is InChI=1S/C17H20BN5O8S.ClH/c1-31-23-13(10-7-32-17(20-10)22-12(24)6-19)15(26)21-11(18(29)30)5-8-3-2-4-9(14(8)25)16(27)28;/h2-4,7,11,25,29-30H,5-6,19H2,1H3,(H,21,26)(H,27,28)(H,20,22,24);1H/t11-;/m0./s1. The van der Waals surface area contributed by atoms with E-state index < -0.39 is 36.6 Å². The maximum Gasteiger partial charge on any atom is 0.475 e. The first-order valence-corrected chi connectivity index (χ1v) is 9.84. The Hall–Kier alpha value is -3.24. The minimum Gasteiger partial charge on any atom is -0.507 e. The molecule has 0 unspecified atom stereocenters. The second-order valence-electron chi connectivity index (χ2n) is 6.23. The zero-order valence-electron chi connectivity index (χ0n) is 17.1. The number of rotatable bonds is 10. The van der Waals surface area contributed by atoms with Gasteiger partial charge in [0.15, 0.2) is 10.8 Å². The Balaban J connectivity index is 0.00000544. The van der Waals surface area contributed by atoms with Gasteiger partial charge in [0.2, 0.25) is 5.91 Å². The van der Waals surface area contributed by atoms with Gasteiger partial charge in [0, 0.05) is 5.38 Å². The van der Waals surface area contributed by atoms with Gasteiger partial charge in [-0.05, 0) is 18.1 Å². The number of anilines is 1. The van der Waals surface area contributed by atoms with Crippen LogP contribution in [0.4, 0.5) is 5.13 Å². The summed E-state index contributed by atoms with van der Waals surface area (Å²) in [6, 6.07) is 3.92. The van der Waals surface area contributed by atoms with Gasteiger partial charge in [-0.1, -0.05) is 17.3 Å². The van der Waals surface area contributed by atoms with E-state index in [9.17, 15) is 29.5 Å². The van der Waals surface area contributed by atoms with Crippen LogP contribution < -0.4 is 16.4 Å². The first-order chi connectivity index (χ1) is 15.2. The van der Waals surface area contributed by atoms with Gasteiger partial charge in [-0.2, -0.15) is 0 Å². The number of carbonyl (C=O) groups is 3. The third-order valence-electron chi connectivity index (χ3n) is 4.04. The Morgan fingerprint density at radius 1 is 1.33 bits per heavy atom. The smallest absolute Gasteiger partial charge is 0.475 e. The molecule has 1 atom stereocenters. The Morgan fingerprint density at radius 2 is 2.03 bits per heavy atom. The van der Waals surface area contributed by atoms with E-state index in [0.29, 0.717) is 0 Å². The molecule has 1 heterocycles. The van der Waals surface area contributed by atoms with E-state index in [1.807, 2.05) is 0 Å². The van der Waals surface area contributed by atoms with E-state index in [1.165, 1.54) is 30.7 Å². The Kier molecular flexibility index (Phi) is 10.7. The van der Waals surface area contributed by atoms with Crippen LogP contribution in [0.5, 0.6) is 5.75 Å². The van der Waals surface area contributed by atoms with Gasteiger partial charge in [-0.15, -0.1) is 23.7 Å². The summed E-state index contributed by atoms with van der Waals surface area (Å²) in [4.78, 5) is 44.0. The number of aromatic nitrogens is 1. The average Bonchev–Trinajstić information content (AvgIpc) is 3.20. The van der Waals surface area contributed by atoms with Gasteiger partial charge in [-0.25, -0.2) is 9.78 Å². The van der Waals surface area contributed by atoms with E-state index in [1.54, 1.807) is 0 Å². The van der Waals surface area contributed by atoms with Gasteiger partial charge < -0.3 is 41.5 Å². The Labute approximate surface area is 197 Å². The van der Waals surface area contributed by atoms with Crippen molar-refractivity contribution < 1.29 is 39.5 Å². The van der Waals surface area contributed by atoms with E-state index in [4.69, 9.17) is 10.8 Å². The summed E-state index contributed by atoms with van der Waals surface area (Å²) in [7, 11) is -0.879. The topological polar surface area (TPSA) is 217 Å². The molecule has 1 aromatic carbocycles. The van der Waals surface area contributed by atoms with Crippen LogP contribution in [0.25, 0.3) is 0 Å². The van der Waals surface area contributed by atoms with Crippen molar-refractivity contribution in [3.8, 4) is 5.75 Å². The summed E-state index contributed by atoms with van der Waals surface area (Å²) >= 11 is 0.996.